The first-order valence-electron chi connectivity index (χ1n) is 9.74. The summed E-state index contributed by atoms with van der Waals surface area (Å²) in [6.07, 6.45) is 6.85. The molecule has 4 rings (SSSR count). The lowest BCUT2D eigenvalue weighted by Gasteiger charge is -2.28. The molecule has 1 aliphatic heterocycles. The number of methoxy groups -OCH3 is 1. The van der Waals surface area contributed by atoms with Crippen LogP contribution in [0.25, 0.3) is 0 Å². The van der Waals surface area contributed by atoms with Crippen molar-refractivity contribution in [3.05, 3.63) is 65.4 Å². The molecule has 2 aromatic carbocycles. The fourth-order valence-corrected chi connectivity index (χ4v) is 3.65. The average molecular weight is 379 g/mol. The zero-order chi connectivity index (χ0) is 19.3. The minimum atomic E-state index is 0.0998. The van der Waals surface area contributed by atoms with Crippen LogP contribution in [0.5, 0.6) is 17.2 Å². The Morgan fingerprint density at radius 3 is 2.57 bits per heavy atom. The van der Waals surface area contributed by atoms with Crippen LogP contribution >= 0.6 is 0 Å². The predicted molar refractivity (Wildman–Crippen MR) is 106 cm³/mol. The molecule has 0 radical (unpaired) electrons. The van der Waals surface area contributed by atoms with E-state index in [0.29, 0.717) is 18.7 Å². The molecule has 0 saturated carbocycles. The summed E-state index contributed by atoms with van der Waals surface area (Å²) in [6, 6.07) is 13.6. The summed E-state index contributed by atoms with van der Waals surface area (Å²) >= 11 is 0. The number of ether oxygens (including phenoxy) is 3. The van der Waals surface area contributed by atoms with Crippen LogP contribution in [0.3, 0.4) is 0 Å². The van der Waals surface area contributed by atoms with Gasteiger partial charge in [-0.05, 0) is 61.1 Å². The van der Waals surface area contributed by atoms with Crippen molar-refractivity contribution in [2.75, 3.05) is 13.9 Å². The van der Waals surface area contributed by atoms with Crippen molar-refractivity contribution < 1.29 is 19.0 Å². The van der Waals surface area contributed by atoms with Crippen LogP contribution in [0.1, 0.15) is 36.8 Å². The van der Waals surface area contributed by atoms with E-state index in [2.05, 4.69) is 6.08 Å². The van der Waals surface area contributed by atoms with Gasteiger partial charge in [0.2, 0.25) is 12.7 Å². The molecular formula is C23H25NO4. The second kappa shape index (κ2) is 8.38. The molecular weight excluding hydrogens is 354 g/mol. The fraction of sp³-hybridized carbons (Fsp3) is 0.348. The summed E-state index contributed by atoms with van der Waals surface area (Å²) in [6.45, 7) is 0.808. The molecule has 146 valence electrons. The minimum Gasteiger partial charge on any atom is -0.497 e. The second-order valence-corrected chi connectivity index (χ2v) is 7.13. The lowest BCUT2D eigenvalue weighted by molar-refractivity contribution is -0.129. The van der Waals surface area contributed by atoms with Gasteiger partial charge in [0.1, 0.15) is 5.75 Å². The van der Waals surface area contributed by atoms with Crippen molar-refractivity contribution in [2.45, 2.75) is 38.6 Å². The Hall–Kier alpha value is -2.95. The van der Waals surface area contributed by atoms with E-state index >= 15 is 0 Å². The highest BCUT2D eigenvalue weighted by Gasteiger charge is 2.21. The molecule has 1 heterocycles. The Labute approximate surface area is 165 Å². The van der Waals surface area contributed by atoms with Gasteiger partial charge in [0.05, 0.1) is 20.1 Å². The van der Waals surface area contributed by atoms with Crippen molar-refractivity contribution in [2.24, 2.45) is 0 Å². The molecule has 0 spiro atoms. The molecule has 0 bridgehead atoms. The molecule has 0 atom stereocenters. The van der Waals surface area contributed by atoms with Crippen molar-refractivity contribution in [1.82, 2.24) is 4.90 Å². The van der Waals surface area contributed by atoms with E-state index in [-0.39, 0.29) is 12.7 Å². The van der Waals surface area contributed by atoms with Crippen LogP contribution < -0.4 is 14.2 Å². The van der Waals surface area contributed by atoms with Crippen LogP contribution in [0, 0.1) is 0 Å². The van der Waals surface area contributed by atoms with E-state index in [4.69, 9.17) is 14.2 Å². The molecule has 2 aliphatic rings. The maximum absolute atomic E-state index is 13.2. The van der Waals surface area contributed by atoms with Gasteiger partial charge >= 0.3 is 0 Å². The topological polar surface area (TPSA) is 48.0 Å². The Kier molecular flexibility index (Phi) is 5.51. The third-order valence-electron chi connectivity index (χ3n) is 5.21. The van der Waals surface area contributed by atoms with E-state index < -0.39 is 0 Å². The molecule has 0 aromatic heterocycles. The van der Waals surface area contributed by atoms with Gasteiger partial charge in [-0.1, -0.05) is 24.3 Å². The van der Waals surface area contributed by atoms with Gasteiger partial charge in [-0.15, -0.1) is 0 Å². The standard InChI is InChI=1S/C23H25NO4/c1-26-20-10-7-17(8-11-20)15-24(19-5-3-2-4-6-19)23(25)14-18-9-12-21-22(13-18)28-16-27-21/h5,7-13H,2-4,6,14-16H2,1H3. The molecule has 0 saturated heterocycles. The van der Waals surface area contributed by atoms with Gasteiger partial charge in [-0.3, -0.25) is 4.79 Å². The van der Waals surface area contributed by atoms with Gasteiger partial charge in [0.15, 0.2) is 11.5 Å². The van der Waals surface area contributed by atoms with Gasteiger partial charge < -0.3 is 19.1 Å². The number of hydrogen-bond acceptors (Lipinski definition) is 4. The first-order chi connectivity index (χ1) is 13.7. The van der Waals surface area contributed by atoms with Crippen molar-refractivity contribution >= 4 is 5.91 Å². The first-order valence-corrected chi connectivity index (χ1v) is 9.74. The largest absolute Gasteiger partial charge is 0.497 e. The predicted octanol–water partition coefficient (Wildman–Crippen LogP) is 4.45. The molecule has 0 N–H and O–H groups in total. The molecule has 0 unspecified atom stereocenters. The zero-order valence-corrected chi connectivity index (χ0v) is 16.1. The number of fused-ring (bicyclic) bond motifs is 1. The summed E-state index contributed by atoms with van der Waals surface area (Å²) in [5, 5.41) is 0. The van der Waals surface area contributed by atoms with Gasteiger partial charge in [0, 0.05) is 5.70 Å². The third-order valence-corrected chi connectivity index (χ3v) is 5.21. The number of rotatable bonds is 6. The van der Waals surface area contributed by atoms with Crippen molar-refractivity contribution in [1.29, 1.82) is 0 Å². The maximum atomic E-state index is 13.2. The highest BCUT2D eigenvalue weighted by Crippen LogP contribution is 2.33. The molecule has 5 heteroatoms. The molecule has 28 heavy (non-hydrogen) atoms. The Morgan fingerprint density at radius 1 is 1.04 bits per heavy atom. The van der Waals surface area contributed by atoms with Gasteiger partial charge in [-0.2, -0.15) is 0 Å². The van der Waals surface area contributed by atoms with Crippen molar-refractivity contribution in [3.8, 4) is 17.2 Å². The summed E-state index contributed by atoms with van der Waals surface area (Å²) < 4.78 is 16.0. The van der Waals surface area contributed by atoms with Crippen molar-refractivity contribution in [3.63, 3.8) is 0 Å². The quantitative estimate of drug-likeness (QED) is 0.744. The number of hydrogen-bond donors (Lipinski definition) is 0. The number of nitrogens with zero attached hydrogens (tertiary/aromatic N) is 1. The van der Waals surface area contributed by atoms with Gasteiger partial charge in [-0.25, -0.2) is 0 Å². The highest BCUT2D eigenvalue weighted by atomic mass is 16.7. The summed E-state index contributed by atoms with van der Waals surface area (Å²) in [5.74, 6) is 2.37. The fourth-order valence-electron chi connectivity index (χ4n) is 3.65. The maximum Gasteiger partial charge on any atom is 0.231 e. The van der Waals surface area contributed by atoms with Crippen LogP contribution in [0.2, 0.25) is 0 Å². The molecule has 5 nitrogen and oxygen atoms in total. The van der Waals surface area contributed by atoms with Crippen LogP contribution in [-0.4, -0.2) is 24.7 Å². The van der Waals surface area contributed by atoms with E-state index in [9.17, 15) is 4.79 Å². The van der Waals surface area contributed by atoms with Crippen LogP contribution in [0.15, 0.2) is 54.2 Å². The number of amides is 1. The van der Waals surface area contributed by atoms with Crippen LogP contribution in [-0.2, 0) is 17.8 Å². The molecule has 0 fully saturated rings. The van der Waals surface area contributed by atoms with E-state index in [1.165, 1.54) is 6.42 Å². The highest BCUT2D eigenvalue weighted by molar-refractivity contribution is 5.80. The smallest absolute Gasteiger partial charge is 0.231 e. The minimum absolute atomic E-state index is 0.0998. The first kappa shape index (κ1) is 18.4. The second-order valence-electron chi connectivity index (χ2n) is 7.13. The Morgan fingerprint density at radius 2 is 1.82 bits per heavy atom. The van der Waals surface area contributed by atoms with E-state index in [0.717, 1.165) is 47.6 Å². The number of carbonyl (C=O) groups is 1. The number of carbonyl (C=O) groups excluding carboxylic acids is 1. The summed E-state index contributed by atoms with van der Waals surface area (Å²) in [5.41, 5.74) is 3.16. The van der Waals surface area contributed by atoms with Gasteiger partial charge in [0.25, 0.3) is 0 Å². The summed E-state index contributed by atoms with van der Waals surface area (Å²) in [7, 11) is 1.66. The lowest BCUT2D eigenvalue weighted by atomic mass is 10.0. The zero-order valence-electron chi connectivity index (χ0n) is 16.1. The molecule has 1 amide bonds. The SMILES string of the molecule is COc1ccc(CN(C(=O)Cc2ccc3c(c2)OCO3)C2=CCCCC2)cc1. The normalized spacial score (nSPS) is 15.1. The van der Waals surface area contributed by atoms with E-state index in [1.807, 2.05) is 47.4 Å². The average Bonchev–Trinajstić information content (AvgIpc) is 3.21. The monoisotopic (exact) mass is 379 g/mol. The van der Waals surface area contributed by atoms with Crippen LogP contribution in [0.4, 0.5) is 0 Å². The Balaban J connectivity index is 1.53. The summed E-state index contributed by atoms with van der Waals surface area (Å²) in [4.78, 5) is 15.2. The number of allylic oxidation sites excluding steroid dienone is 2. The third kappa shape index (κ3) is 4.14. The van der Waals surface area contributed by atoms with E-state index in [1.54, 1.807) is 7.11 Å². The lowest BCUT2D eigenvalue weighted by Crippen LogP contribution is -2.32. The Bertz CT molecular complexity index is 873. The molecule has 2 aromatic rings. The number of benzene rings is 2. The molecule has 1 aliphatic carbocycles.